The summed E-state index contributed by atoms with van der Waals surface area (Å²) in [4.78, 5) is 2.48. The lowest BCUT2D eigenvalue weighted by Gasteiger charge is -2.33. The standard InChI is InChI=1S/C16H25NO4S/c1-13(2)10-17-8-9-20-15(11-17)12-21-22(18,19)16-6-4-14(3)5-7-16/h4-7,13,15H,8-12H2,1-3H3/t15-/m1/s1. The SMILES string of the molecule is Cc1ccc(S(=O)(=O)OC[C@H]2CN(CC(C)C)CCO2)cc1. The third kappa shape index (κ3) is 5.05. The maximum Gasteiger partial charge on any atom is 0.297 e. The van der Waals surface area contributed by atoms with Gasteiger partial charge in [0, 0.05) is 19.6 Å². The summed E-state index contributed by atoms with van der Waals surface area (Å²) >= 11 is 0. The summed E-state index contributed by atoms with van der Waals surface area (Å²) in [5, 5.41) is 0. The van der Waals surface area contributed by atoms with Crippen molar-refractivity contribution in [2.45, 2.75) is 31.8 Å². The van der Waals surface area contributed by atoms with Gasteiger partial charge in [0.25, 0.3) is 10.1 Å². The first-order valence-corrected chi connectivity index (χ1v) is 9.07. The van der Waals surface area contributed by atoms with Crippen LogP contribution in [0.1, 0.15) is 19.4 Å². The quantitative estimate of drug-likeness (QED) is 0.749. The molecular weight excluding hydrogens is 302 g/mol. The maximum absolute atomic E-state index is 12.2. The monoisotopic (exact) mass is 327 g/mol. The molecule has 1 heterocycles. The van der Waals surface area contributed by atoms with E-state index < -0.39 is 10.1 Å². The van der Waals surface area contributed by atoms with E-state index in [1.807, 2.05) is 6.92 Å². The van der Waals surface area contributed by atoms with Gasteiger partial charge in [-0.1, -0.05) is 31.5 Å². The van der Waals surface area contributed by atoms with Crippen molar-refractivity contribution in [1.29, 1.82) is 0 Å². The molecule has 0 N–H and O–H groups in total. The van der Waals surface area contributed by atoms with Crippen LogP contribution in [0, 0.1) is 12.8 Å². The van der Waals surface area contributed by atoms with Crippen LogP contribution < -0.4 is 0 Å². The van der Waals surface area contributed by atoms with Gasteiger partial charge in [0.15, 0.2) is 0 Å². The van der Waals surface area contributed by atoms with Gasteiger partial charge in [-0.2, -0.15) is 8.42 Å². The van der Waals surface area contributed by atoms with Crippen LogP contribution in [0.2, 0.25) is 0 Å². The van der Waals surface area contributed by atoms with Gasteiger partial charge in [0.1, 0.15) is 0 Å². The fourth-order valence-corrected chi connectivity index (χ4v) is 3.44. The van der Waals surface area contributed by atoms with Gasteiger partial charge in [0.05, 0.1) is 24.2 Å². The van der Waals surface area contributed by atoms with Crippen LogP contribution >= 0.6 is 0 Å². The smallest absolute Gasteiger partial charge is 0.297 e. The lowest BCUT2D eigenvalue weighted by molar-refractivity contribution is -0.0496. The highest BCUT2D eigenvalue weighted by molar-refractivity contribution is 7.86. The number of ether oxygens (including phenoxy) is 1. The Morgan fingerprint density at radius 1 is 1.32 bits per heavy atom. The Labute approximate surface area is 133 Å². The largest absolute Gasteiger partial charge is 0.373 e. The van der Waals surface area contributed by atoms with Crippen LogP contribution in [0.3, 0.4) is 0 Å². The topological polar surface area (TPSA) is 55.8 Å². The van der Waals surface area contributed by atoms with E-state index in [-0.39, 0.29) is 17.6 Å². The Kier molecular flexibility index (Phi) is 5.97. The summed E-state index contributed by atoms with van der Waals surface area (Å²) in [5.41, 5.74) is 1.01. The number of hydrogen-bond acceptors (Lipinski definition) is 5. The Balaban J connectivity index is 1.90. The van der Waals surface area contributed by atoms with E-state index in [9.17, 15) is 8.42 Å². The minimum atomic E-state index is -3.72. The van der Waals surface area contributed by atoms with Crippen molar-refractivity contribution in [3.8, 4) is 0 Å². The molecule has 1 atom stereocenters. The maximum atomic E-state index is 12.2. The highest BCUT2D eigenvalue weighted by Gasteiger charge is 2.24. The second-order valence-corrected chi connectivity index (χ2v) is 7.81. The van der Waals surface area contributed by atoms with Crippen molar-refractivity contribution < 1.29 is 17.3 Å². The summed E-state index contributed by atoms with van der Waals surface area (Å²) in [6.07, 6.45) is -0.201. The molecule has 0 amide bonds. The van der Waals surface area contributed by atoms with Gasteiger partial charge in [0.2, 0.25) is 0 Å². The van der Waals surface area contributed by atoms with Gasteiger partial charge in [-0.15, -0.1) is 0 Å². The average molecular weight is 327 g/mol. The molecule has 0 bridgehead atoms. The van der Waals surface area contributed by atoms with E-state index >= 15 is 0 Å². The Morgan fingerprint density at radius 2 is 2.00 bits per heavy atom. The highest BCUT2D eigenvalue weighted by Crippen LogP contribution is 2.15. The molecule has 0 saturated carbocycles. The van der Waals surface area contributed by atoms with Crippen molar-refractivity contribution in [3.05, 3.63) is 29.8 Å². The Hall–Kier alpha value is -0.950. The summed E-state index contributed by atoms with van der Waals surface area (Å²) in [5.74, 6) is 0.580. The van der Waals surface area contributed by atoms with Gasteiger partial charge >= 0.3 is 0 Å². The van der Waals surface area contributed by atoms with Crippen LogP contribution in [0.25, 0.3) is 0 Å². The van der Waals surface area contributed by atoms with Gasteiger partial charge in [-0.3, -0.25) is 9.08 Å². The van der Waals surface area contributed by atoms with Gasteiger partial charge < -0.3 is 4.74 Å². The molecule has 2 rings (SSSR count). The van der Waals surface area contributed by atoms with Crippen LogP contribution in [0.4, 0.5) is 0 Å². The number of morpholine rings is 1. The van der Waals surface area contributed by atoms with Crippen molar-refractivity contribution in [1.82, 2.24) is 4.90 Å². The average Bonchev–Trinajstić information content (AvgIpc) is 2.45. The first kappa shape index (κ1) is 17.4. The summed E-state index contributed by atoms with van der Waals surface area (Å²) in [7, 11) is -3.72. The molecule has 1 aromatic rings. The molecule has 1 saturated heterocycles. The molecule has 124 valence electrons. The minimum absolute atomic E-state index is 0.0603. The third-order valence-corrected chi connectivity index (χ3v) is 4.86. The molecule has 22 heavy (non-hydrogen) atoms. The van der Waals surface area contributed by atoms with Gasteiger partial charge in [-0.05, 0) is 25.0 Å². The van der Waals surface area contributed by atoms with Crippen molar-refractivity contribution in [2.75, 3.05) is 32.8 Å². The molecule has 1 fully saturated rings. The molecule has 1 aliphatic rings. The van der Waals surface area contributed by atoms with E-state index in [4.69, 9.17) is 8.92 Å². The molecule has 6 heteroatoms. The lowest BCUT2D eigenvalue weighted by Crippen LogP contribution is -2.45. The van der Waals surface area contributed by atoms with Crippen molar-refractivity contribution in [3.63, 3.8) is 0 Å². The predicted octanol–water partition coefficient (Wildman–Crippen LogP) is 2.06. The number of nitrogens with zero attached hydrogens (tertiary/aromatic N) is 1. The number of aryl methyl sites for hydroxylation is 1. The number of rotatable bonds is 6. The molecule has 0 aliphatic carbocycles. The zero-order valence-electron chi connectivity index (χ0n) is 13.5. The van der Waals surface area contributed by atoms with Crippen molar-refractivity contribution in [2.24, 2.45) is 5.92 Å². The Bertz CT molecular complexity index is 568. The van der Waals surface area contributed by atoms with E-state index in [1.165, 1.54) is 0 Å². The zero-order valence-corrected chi connectivity index (χ0v) is 14.3. The Morgan fingerprint density at radius 3 is 2.64 bits per heavy atom. The summed E-state index contributed by atoms with van der Waals surface area (Å²) in [6.45, 7) is 9.52. The molecule has 0 radical (unpaired) electrons. The van der Waals surface area contributed by atoms with E-state index in [0.717, 1.165) is 18.7 Å². The zero-order chi connectivity index (χ0) is 16.2. The first-order chi connectivity index (χ1) is 10.4. The molecule has 5 nitrogen and oxygen atoms in total. The fraction of sp³-hybridized carbons (Fsp3) is 0.625. The van der Waals surface area contributed by atoms with Crippen LogP contribution in [-0.4, -0.2) is 52.3 Å². The van der Waals surface area contributed by atoms with Crippen LogP contribution in [-0.2, 0) is 19.0 Å². The van der Waals surface area contributed by atoms with E-state index in [2.05, 4.69) is 18.7 Å². The number of benzene rings is 1. The predicted molar refractivity (Wildman–Crippen MR) is 85.3 cm³/mol. The lowest BCUT2D eigenvalue weighted by atomic mass is 10.2. The molecule has 1 aromatic carbocycles. The normalized spacial score (nSPS) is 20.5. The van der Waals surface area contributed by atoms with E-state index in [0.29, 0.717) is 19.1 Å². The third-order valence-electron chi connectivity index (χ3n) is 3.56. The number of hydrogen-bond donors (Lipinski definition) is 0. The molecule has 0 spiro atoms. The second-order valence-electron chi connectivity index (χ2n) is 6.20. The summed E-state index contributed by atoms with van der Waals surface area (Å²) in [6, 6.07) is 6.66. The molecule has 0 aromatic heterocycles. The fourth-order valence-electron chi connectivity index (χ4n) is 2.50. The van der Waals surface area contributed by atoms with E-state index in [1.54, 1.807) is 24.3 Å². The minimum Gasteiger partial charge on any atom is -0.373 e. The van der Waals surface area contributed by atoms with Crippen LogP contribution in [0.15, 0.2) is 29.2 Å². The summed E-state index contributed by atoms with van der Waals surface area (Å²) < 4.78 is 35.1. The first-order valence-electron chi connectivity index (χ1n) is 7.67. The highest BCUT2D eigenvalue weighted by atomic mass is 32.2. The van der Waals surface area contributed by atoms with Crippen LogP contribution in [0.5, 0.6) is 0 Å². The molecule has 1 aliphatic heterocycles. The second kappa shape index (κ2) is 7.55. The molecule has 0 unspecified atom stereocenters. The molecular formula is C16H25NO4S. The van der Waals surface area contributed by atoms with Gasteiger partial charge in [-0.25, -0.2) is 0 Å². The van der Waals surface area contributed by atoms with Crippen molar-refractivity contribution >= 4 is 10.1 Å².